The molecule has 0 bridgehead atoms. The highest BCUT2D eigenvalue weighted by Crippen LogP contribution is 2.39. The predicted molar refractivity (Wildman–Crippen MR) is 96.8 cm³/mol. The second-order valence-corrected chi connectivity index (χ2v) is 13.7. The first-order valence-electron chi connectivity index (χ1n) is 8.39. The Morgan fingerprint density at radius 2 is 1.78 bits per heavy atom. The Morgan fingerprint density at radius 3 is 2.22 bits per heavy atom. The minimum atomic E-state index is -1.94. The number of carbonyl (C=O) groups excluding carboxylic acids is 1. The summed E-state index contributed by atoms with van der Waals surface area (Å²) in [5.41, 5.74) is -0.490. The Morgan fingerprint density at radius 1 is 1.22 bits per heavy atom. The SMILES string of the molecule is C#C[C@@H]1CCN(C(=O)OC(C)(C)C)C[C@H]1O[Si](C)(C)C(C)(C)C. The topological polar surface area (TPSA) is 38.8 Å². The van der Waals surface area contributed by atoms with E-state index in [0.29, 0.717) is 13.1 Å². The Balaban J connectivity index is 2.84. The molecule has 0 unspecified atom stereocenters. The van der Waals surface area contributed by atoms with Gasteiger partial charge in [0.2, 0.25) is 0 Å². The summed E-state index contributed by atoms with van der Waals surface area (Å²) in [6.45, 7) is 17.8. The number of ether oxygens (including phenoxy) is 1. The number of nitrogens with zero attached hydrogens (tertiary/aromatic N) is 1. The summed E-state index contributed by atoms with van der Waals surface area (Å²) >= 11 is 0. The summed E-state index contributed by atoms with van der Waals surface area (Å²) < 4.78 is 12.0. The van der Waals surface area contributed by atoms with Crippen molar-refractivity contribution in [3.05, 3.63) is 0 Å². The van der Waals surface area contributed by atoms with Crippen LogP contribution in [0.15, 0.2) is 0 Å². The number of carbonyl (C=O) groups is 1. The molecule has 0 saturated carbocycles. The molecule has 1 heterocycles. The van der Waals surface area contributed by atoms with Crippen LogP contribution in [0.2, 0.25) is 18.1 Å². The van der Waals surface area contributed by atoms with Gasteiger partial charge in [-0.3, -0.25) is 0 Å². The lowest BCUT2D eigenvalue weighted by molar-refractivity contribution is -0.00136. The molecule has 0 aliphatic carbocycles. The second-order valence-electron chi connectivity index (χ2n) is 8.90. The Kier molecular flexibility index (Phi) is 5.98. The maximum absolute atomic E-state index is 12.3. The van der Waals surface area contributed by atoms with Crippen LogP contribution in [0.3, 0.4) is 0 Å². The zero-order valence-electron chi connectivity index (χ0n) is 16.0. The van der Waals surface area contributed by atoms with Crippen molar-refractivity contribution in [3.63, 3.8) is 0 Å². The number of amides is 1. The number of rotatable bonds is 2. The zero-order valence-corrected chi connectivity index (χ0v) is 17.0. The summed E-state index contributed by atoms with van der Waals surface area (Å²) in [6, 6.07) is 0. The lowest BCUT2D eigenvalue weighted by atomic mass is 9.95. The van der Waals surface area contributed by atoms with Crippen LogP contribution < -0.4 is 0 Å². The Bertz CT molecular complexity index is 468. The van der Waals surface area contributed by atoms with Crippen molar-refractivity contribution in [2.75, 3.05) is 13.1 Å². The number of likely N-dealkylation sites (tertiary alicyclic amines) is 1. The fourth-order valence-corrected chi connectivity index (χ4v) is 3.62. The normalized spacial score (nSPS) is 23.3. The maximum Gasteiger partial charge on any atom is 0.410 e. The van der Waals surface area contributed by atoms with Gasteiger partial charge in [-0.15, -0.1) is 12.3 Å². The summed E-state index contributed by atoms with van der Waals surface area (Å²) in [7, 11) is -1.94. The first-order chi connectivity index (χ1) is 10.3. The van der Waals surface area contributed by atoms with Gasteiger partial charge in [0.25, 0.3) is 0 Å². The molecular formula is C18H33NO3Si. The molecule has 1 aliphatic rings. The van der Waals surface area contributed by atoms with Crippen molar-refractivity contribution >= 4 is 14.4 Å². The number of hydrogen-bond acceptors (Lipinski definition) is 3. The van der Waals surface area contributed by atoms with Crippen LogP contribution in [-0.2, 0) is 9.16 Å². The molecule has 0 N–H and O–H groups in total. The van der Waals surface area contributed by atoms with Crippen molar-refractivity contribution < 1.29 is 14.0 Å². The van der Waals surface area contributed by atoms with Gasteiger partial charge in [0.15, 0.2) is 8.32 Å². The van der Waals surface area contributed by atoms with Crippen LogP contribution in [0.5, 0.6) is 0 Å². The molecule has 1 rings (SSSR count). The Hall–Kier alpha value is -0.993. The molecule has 1 amide bonds. The lowest BCUT2D eigenvalue weighted by Gasteiger charge is -2.44. The lowest BCUT2D eigenvalue weighted by Crippen LogP contribution is -2.54. The fraction of sp³-hybridized carbons (Fsp3) is 0.833. The van der Waals surface area contributed by atoms with Crippen molar-refractivity contribution in [2.24, 2.45) is 5.92 Å². The molecule has 23 heavy (non-hydrogen) atoms. The molecule has 132 valence electrons. The third-order valence-corrected chi connectivity index (χ3v) is 9.18. The molecule has 0 spiro atoms. The summed E-state index contributed by atoms with van der Waals surface area (Å²) in [5, 5.41) is 0.111. The van der Waals surface area contributed by atoms with Gasteiger partial charge < -0.3 is 14.1 Å². The fourth-order valence-electron chi connectivity index (χ4n) is 2.27. The highest BCUT2D eigenvalue weighted by Gasteiger charge is 2.42. The van der Waals surface area contributed by atoms with Crippen molar-refractivity contribution in [1.82, 2.24) is 4.90 Å². The van der Waals surface area contributed by atoms with Gasteiger partial charge in [-0.2, -0.15) is 0 Å². The molecule has 5 heteroatoms. The van der Waals surface area contributed by atoms with E-state index in [9.17, 15) is 4.79 Å². The minimum absolute atomic E-state index is 0.0582. The van der Waals surface area contributed by atoms with E-state index in [4.69, 9.17) is 15.6 Å². The van der Waals surface area contributed by atoms with Crippen molar-refractivity contribution in [3.8, 4) is 12.3 Å². The molecular weight excluding hydrogens is 306 g/mol. The highest BCUT2D eigenvalue weighted by atomic mass is 28.4. The third kappa shape index (κ3) is 5.54. The van der Waals surface area contributed by atoms with Crippen LogP contribution in [0.1, 0.15) is 48.0 Å². The molecule has 4 nitrogen and oxygen atoms in total. The summed E-state index contributed by atoms with van der Waals surface area (Å²) in [6.07, 6.45) is 6.06. The van der Waals surface area contributed by atoms with Crippen LogP contribution in [-0.4, -0.2) is 44.1 Å². The summed E-state index contributed by atoms with van der Waals surface area (Å²) in [4.78, 5) is 14.1. The molecule has 1 saturated heterocycles. The highest BCUT2D eigenvalue weighted by molar-refractivity contribution is 6.74. The minimum Gasteiger partial charge on any atom is -0.444 e. The number of hydrogen-bond donors (Lipinski definition) is 0. The van der Waals surface area contributed by atoms with E-state index in [2.05, 4.69) is 39.8 Å². The van der Waals surface area contributed by atoms with E-state index in [0.717, 1.165) is 6.42 Å². The molecule has 0 aromatic rings. The summed E-state index contributed by atoms with van der Waals surface area (Å²) in [5.74, 6) is 2.91. The van der Waals surface area contributed by atoms with Crippen molar-refractivity contribution in [1.29, 1.82) is 0 Å². The largest absolute Gasteiger partial charge is 0.444 e. The average molecular weight is 340 g/mol. The molecule has 1 aliphatic heterocycles. The van der Waals surface area contributed by atoms with Crippen LogP contribution in [0.25, 0.3) is 0 Å². The first-order valence-corrected chi connectivity index (χ1v) is 11.3. The van der Waals surface area contributed by atoms with E-state index in [1.54, 1.807) is 4.90 Å². The monoisotopic (exact) mass is 339 g/mol. The van der Waals surface area contributed by atoms with Crippen LogP contribution in [0, 0.1) is 18.3 Å². The maximum atomic E-state index is 12.3. The van der Waals surface area contributed by atoms with E-state index >= 15 is 0 Å². The van der Waals surface area contributed by atoms with Gasteiger partial charge >= 0.3 is 6.09 Å². The van der Waals surface area contributed by atoms with Crippen LogP contribution in [0.4, 0.5) is 4.79 Å². The standard InChI is InChI=1S/C18H33NO3Si/c1-10-14-11-12-19(16(20)21-17(2,3)4)13-15(14)22-23(8,9)18(5,6)7/h1,14-15H,11-13H2,2-9H3/t14-,15-/m1/s1. The molecule has 2 atom stereocenters. The average Bonchev–Trinajstić information content (AvgIpc) is 2.34. The van der Waals surface area contributed by atoms with Gasteiger partial charge in [0, 0.05) is 12.5 Å². The van der Waals surface area contributed by atoms with E-state index in [1.165, 1.54) is 0 Å². The number of terminal acetylenes is 1. The first kappa shape index (κ1) is 20.1. The van der Waals surface area contributed by atoms with E-state index in [1.807, 2.05) is 20.8 Å². The molecule has 0 aromatic heterocycles. The molecule has 0 radical (unpaired) electrons. The van der Waals surface area contributed by atoms with Gasteiger partial charge in [0.05, 0.1) is 12.6 Å². The van der Waals surface area contributed by atoms with Gasteiger partial charge in [-0.25, -0.2) is 4.79 Å². The van der Waals surface area contributed by atoms with Gasteiger partial charge in [0.1, 0.15) is 5.60 Å². The Labute approximate surface area is 143 Å². The number of piperidine rings is 1. The molecule has 0 aromatic carbocycles. The van der Waals surface area contributed by atoms with Crippen molar-refractivity contribution in [2.45, 2.75) is 77.8 Å². The van der Waals surface area contributed by atoms with E-state index in [-0.39, 0.29) is 23.2 Å². The zero-order chi connectivity index (χ0) is 18.1. The second kappa shape index (κ2) is 6.86. The van der Waals surface area contributed by atoms with Gasteiger partial charge in [-0.05, 0) is 45.3 Å². The van der Waals surface area contributed by atoms with E-state index < -0.39 is 13.9 Å². The smallest absolute Gasteiger partial charge is 0.410 e. The molecule has 1 fully saturated rings. The quantitative estimate of drug-likeness (QED) is 0.557. The van der Waals surface area contributed by atoms with Crippen LogP contribution >= 0.6 is 0 Å². The van der Waals surface area contributed by atoms with Gasteiger partial charge in [-0.1, -0.05) is 20.8 Å². The predicted octanol–water partition coefficient (Wildman–Crippen LogP) is 4.27. The third-order valence-electron chi connectivity index (χ3n) is 4.68.